The monoisotopic (exact) mass is 299 g/mol. The van der Waals surface area contributed by atoms with Crippen molar-refractivity contribution in [2.45, 2.75) is 32.2 Å². The van der Waals surface area contributed by atoms with E-state index >= 15 is 0 Å². The number of carbonyl (C=O) groups excluding carboxylic acids is 1. The second-order valence-electron chi connectivity index (χ2n) is 4.66. The van der Waals surface area contributed by atoms with Crippen LogP contribution in [0.25, 0.3) is 10.2 Å². The molecule has 2 rings (SSSR count). The molecule has 1 aromatic heterocycles. The molecule has 0 aliphatic rings. The number of benzene rings is 1. The van der Waals surface area contributed by atoms with Gasteiger partial charge in [0.1, 0.15) is 0 Å². The topological polar surface area (TPSA) is 68.0 Å². The maximum atomic E-state index is 12.1. The molecule has 0 bridgehead atoms. The lowest BCUT2D eigenvalue weighted by Gasteiger charge is -2.22. The third-order valence-electron chi connectivity index (χ3n) is 2.88. The highest BCUT2D eigenvalue weighted by Crippen LogP contribution is 2.22. The van der Waals surface area contributed by atoms with Crippen molar-refractivity contribution in [1.82, 2.24) is 4.98 Å². The van der Waals surface area contributed by atoms with E-state index in [1.807, 2.05) is 25.1 Å². The molecule has 1 heterocycles. The van der Waals surface area contributed by atoms with Crippen molar-refractivity contribution in [3.63, 3.8) is 0 Å². The summed E-state index contributed by atoms with van der Waals surface area (Å²) in [4.78, 5) is 16.2. The lowest BCUT2D eigenvalue weighted by Crippen LogP contribution is -2.48. The first-order valence-corrected chi connectivity index (χ1v) is 6.84. The normalized spacial score (nSPS) is 13.6. The van der Waals surface area contributed by atoms with Crippen molar-refractivity contribution >= 4 is 45.6 Å². The molecule has 1 amide bonds. The van der Waals surface area contributed by atoms with Gasteiger partial charge in [0.25, 0.3) is 0 Å². The molecule has 0 saturated carbocycles. The molecule has 3 N–H and O–H groups in total. The van der Waals surface area contributed by atoms with E-state index in [2.05, 4.69) is 10.3 Å². The lowest BCUT2D eigenvalue weighted by molar-refractivity contribution is -0.120. The van der Waals surface area contributed by atoms with Gasteiger partial charge >= 0.3 is 0 Å². The number of carbonyl (C=O) groups is 1. The van der Waals surface area contributed by atoms with Gasteiger partial charge in [-0.05, 0) is 31.5 Å². The Morgan fingerprint density at radius 3 is 2.95 bits per heavy atom. The summed E-state index contributed by atoms with van der Waals surface area (Å²) in [7, 11) is 0. The molecular formula is C13H18ClN3OS. The number of fused-ring (bicyclic) bond motifs is 1. The van der Waals surface area contributed by atoms with E-state index in [1.165, 1.54) is 0 Å². The van der Waals surface area contributed by atoms with Crippen LogP contribution in [0.2, 0.25) is 0 Å². The van der Waals surface area contributed by atoms with Gasteiger partial charge in [0.15, 0.2) is 0 Å². The number of halogens is 1. The predicted molar refractivity (Wildman–Crippen MR) is 83.0 cm³/mol. The molecule has 1 unspecified atom stereocenters. The van der Waals surface area contributed by atoms with Gasteiger partial charge in [-0.3, -0.25) is 4.79 Å². The van der Waals surface area contributed by atoms with Crippen LogP contribution in [0.1, 0.15) is 26.7 Å². The van der Waals surface area contributed by atoms with Crippen LogP contribution in [-0.2, 0) is 4.79 Å². The van der Waals surface area contributed by atoms with Crippen LogP contribution < -0.4 is 11.1 Å². The van der Waals surface area contributed by atoms with Gasteiger partial charge < -0.3 is 11.1 Å². The fourth-order valence-corrected chi connectivity index (χ4v) is 2.56. The number of hydrogen-bond acceptors (Lipinski definition) is 4. The Morgan fingerprint density at radius 2 is 2.26 bits per heavy atom. The van der Waals surface area contributed by atoms with Gasteiger partial charge in [-0.25, -0.2) is 4.98 Å². The zero-order valence-electron chi connectivity index (χ0n) is 11.0. The van der Waals surface area contributed by atoms with E-state index in [4.69, 9.17) is 5.73 Å². The zero-order chi connectivity index (χ0) is 13.2. The number of nitrogens with zero attached hydrogens (tertiary/aromatic N) is 1. The highest BCUT2D eigenvalue weighted by Gasteiger charge is 2.27. The molecule has 0 saturated heterocycles. The highest BCUT2D eigenvalue weighted by molar-refractivity contribution is 7.16. The molecule has 0 spiro atoms. The third-order valence-corrected chi connectivity index (χ3v) is 3.67. The Kier molecular flexibility index (Phi) is 5.29. The number of hydrogen-bond donors (Lipinski definition) is 2. The highest BCUT2D eigenvalue weighted by atomic mass is 35.5. The first kappa shape index (κ1) is 15.9. The zero-order valence-corrected chi connectivity index (χ0v) is 12.6. The Morgan fingerprint density at radius 1 is 1.53 bits per heavy atom. The SMILES string of the molecule is CCCC(C)(N)C(=O)Nc1ccc2ncsc2c1.Cl. The quantitative estimate of drug-likeness (QED) is 0.911. The molecule has 2 aromatic rings. The van der Waals surface area contributed by atoms with Crippen molar-refractivity contribution < 1.29 is 4.79 Å². The minimum absolute atomic E-state index is 0. The smallest absolute Gasteiger partial charge is 0.244 e. The van der Waals surface area contributed by atoms with Crippen molar-refractivity contribution in [3.05, 3.63) is 23.7 Å². The summed E-state index contributed by atoms with van der Waals surface area (Å²) in [6.07, 6.45) is 1.55. The van der Waals surface area contributed by atoms with Crippen LogP contribution >= 0.6 is 23.7 Å². The number of anilines is 1. The van der Waals surface area contributed by atoms with Crippen LogP contribution in [-0.4, -0.2) is 16.4 Å². The van der Waals surface area contributed by atoms with E-state index in [9.17, 15) is 4.79 Å². The number of nitrogens with one attached hydrogen (secondary N) is 1. The van der Waals surface area contributed by atoms with Crippen molar-refractivity contribution in [1.29, 1.82) is 0 Å². The second kappa shape index (κ2) is 6.32. The van der Waals surface area contributed by atoms with E-state index in [0.29, 0.717) is 6.42 Å². The Bertz CT molecular complexity index is 568. The number of rotatable bonds is 4. The van der Waals surface area contributed by atoms with Gasteiger partial charge in [0.05, 0.1) is 21.3 Å². The maximum absolute atomic E-state index is 12.1. The Balaban J connectivity index is 0.00000180. The summed E-state index contributed by atoms with van der Waals surface area (Å²) in [5.74, 6) is -0.145. The largest absolute Gasteiger partial charge is 0.324 e. The standard InChI is InChI=1S/C13H17N3OS.ClH/c1-3-6-13(2,14)12(17)16-9-4-5-10-11(7-9)18-8-15-10;/h4-5,7-8H,3,6,14H2,1-2H3,(H,16,17);1H. The first-order chi connectivity index (χ1) is 8.53. The average Bonchev–Trinajstić information content (AvgIpc) is 2.76. The van der Waals surface area contributed by atoms with E-state index in [1.54, 1.807) is 23.8 Å². The molecule has 4 nitrogen and oxygen atoms in total. The Labute approximate surface area is 122 Å². The summed E-state index contributed by atoms with van der Waals surface area (Å²) in [6, 6.07) is 5.67. The fraction of sp³-hybridized carbons (Fsp3) is 0.385. The lowest BCUT2D eigenvalue weighted by atomic mass is 9.96. The molecule has 6 heteroatoms. The first-order valence-electron chi connectivity index (χ1n) is 5.96. The molecule has 0 aliphatic carbocycles. The minimum atomic E-state index is -0.822. The predicted octanol–water partition coefficient (Wildman–Crippen LogP) is 3.17. The molecule has 1 aromatic carbocycles. The van der Waals surface area contributed by atoms with Crippen molar-refractivity contribution in [3.8, 4) is 0 Å². The fourth-order valence-electron chi connectivity index (χ4n) is 1.84. The third kappa shape index (κ3) is 3.65. The summed E-state index contributed by atoms with van der Waals surface area (Å²) in [5, 5.41) is 2.86. The van der Waals surface area contributed by atoms with Crippen LogP contribution in [0.15, 0.2) is 23.7 Å². The van der Waals surface area contributed by atoms with E-state index in [-0.39, 0.29) is 18.3 Å². The van der Waals surface area contributed by atoms with Crippen LogP contribution in [0.5, 0.6) is 0 Å². The van der Waals surface area contributed by atoms with Crippen molar-refractivity contribution in [2.75, 3.05) is 5.32 Å². The van der Waals surface area contributed by atoms with Gasteiger partial charge in [-0.15, -0.1) is 23.7 Å². The molecular weight excluding hydrogens is 282 g/mol. The van der Waals surface area contributed by atoms with Gasteiger partial charge in [0.2, 0.25) is 5.91 Å². The van der Waals surface area contributed by atoms with Gasteiger partial charge in [-0.2, -0.15) is 0 Å². The number of aromatic nitrogens is 1. The molecule has 19 heavy (non-hydrogen) atoms. The van der Waals surface area contributed by atoms with Crippen LogP contribution in [0.3, 0.4) is 0 Å². The Hall–Kier alpha value is -1.17. The van der Waals surface area contributed by atoms with Crippen LogP contribution in [0.4, 0.5) is 5.69 Å². The summed E-state index contributed by atoms with van der Waals surface area (Å²) in [6.45, 7) is 3.78. The molecule has 1 atom stereocenters. The van der Waals surface area contributed by atoms with E-state index < -0.39 is 5.54 Å². The molecule has 0 aliphatic heterocycles. The van der Waals surface area contributed by atoms with Gasteiger partial charge in [0, 0.05) is 5.69 Å². The summed E-state index contributed by atoms with van der Waals surface area (Å²) < 4.78 is 1.06. The molecule has 0 radical (unpaired) electrons. The average molecular weight is 300 g/mol. The number of nitrogens with two attached hydrogens (primary N) is 1. The second-order valence-corrected chi connectivity index (χ2v) is 5.54. The summed E-state index contributed by atoms with van der Waals surface area (Å²) in [5.41, 5.74) is 8.67. The number of thiazole rings is 1. The van der Waals surface area contributed by atoms with Crippen LogP contribution in [0, 0.1) is 0 Å². The van der Waals surface area contributed by atoms with E-state index in [0.717, 1.165) is 22.3 Å². The molecule has 104 valence electrons. The molecule has 0 fully saturated rings. The van der Waals surface area contributed by atoms with Gasteiger partial charge in [-0.1, -0.05) is 13.3 Å². The number of amides is 1. The minimum Gasteiger partial charge on any atom is -0.324 e. The van der Waals surface area contributed by atoms with Crippen molar-refractivity contribution in [2.24, 2.45) is 5.73 Å². The summed E-state index contributed by atoms with van der Waals surface area (Å²) >= 11 is 1.55. The maximum Gasteiger partial charge on any atom is 0.244 e.